The second-order valence-electron chi connectivity index (χ2n) is 4.37. The lowest BCUT2D eigenvalue weighted by Crippen LogP contribution is -2.29. The lowest BCUT2D eigenvalue weighted by molar-refractivity contribution is -0.138. The molecule has 1 amide bonds. The zero-order valence-electron chi connectivity index (χ0n) is 9.67. The number of aliphatic carboxylic acids is 1. The van der Waals surface area contributed by atoms with Crippen LogP contribution in [-0.4, -0.2) is 40.0 Å². The first kappa shape index (κ1) is 13.0. The number of hydrogen-bond acceptors (Lipinski definition) is 3. The Hall–Kier alpha value is -1.43. The van der Waals surface area contributed by atoms with Crippen LogP contribution < -0.4 is 0 Å². The van der Waals surface area contributed by atoms with Crippen molar-refractivity contribution in [3.05, 3.63) is 28.5 Å². The molecular formula is C12H13BrN2O3. The van der Waals surface area contributed by atoms with Crippen LogP contribution in [0, 0.1) is 5.92 Å². The van der Waals surface area contributed by atoms with E-state index < -0.39 is 5.97 Å². The summed E-state index contributed by atoms with van der Waals surface area (Å²) in [5.41, 5.74) is 0.577. The average Bonchev–Trinajstić information content (AvgIpc) is 2.75. The third kappa shape index (κ3) is 3.07. The maximum atomic E-state index is 12.2. The number of nitrogens with zero attached hydrogens (tertiary/aromatic N) is 2. The highest BCUT2D eigenvalue weighted by Crippen LogP contribution is 2.22. The van der Waals surface area contributed by atoms with Crippen LogP contribution in [0.1, 0.15) is 23.2 Å². The molecule has 2 heterocycles. The molecule has 0 bridgehead atoms. The monoisotopic (exact) mass is 312 g/mol. The lowest BCUT2D eigenvalue weighted by atomic mass is 10.1. The van der Waals surface area contributed by atoms with Crippen molar-refractivity contribution in [1.29, 1.82) is 0 Å². The second-order valence-corrected chi connectivity index (χ2v) is 5.18. The van der Waals surface area contributed by atoms with Gasteiger partial charge in [-0.3, -0.25) is 9.59 Å². The summed E-state index contributed by atoms with van der Waals surface area (Å²) >= 11 is 3.22. The van der Waals surface area contributed by atoms with E-state index in [1.54, 1.807) is 23.2 Å². The lowest BCUT2D eigenvalue weighted by Gasteiger charge is -2.16. The normalized spacial score (nSPS) is 18.9. The van der Waals surface area contributed by atoms with E-state index in [4.69, 9.17) is 5.11 Å². The number of aromatic nitrogens is 1. The first-order chi connectivity index (χ1) is 8.56. The molecule has 5 nitrogen and oxygen atoms in total. The predicted molar refractivity (Wildman–Crippen MR) is 68.2 cm³/mol. The van der Waals surface area contributed by atoms with Crippen LogP contribution in [0.2, 0.25) is 0 Å². The SMILES string of the molecule is O=C(O)CC1CCN(C(=O)c2ccnc(Br)c2)C1. The largest absolute Gasteiger partial charge is 0.481 e. The van der Waals surface area contributed by atoms with Crippen LogP contribution in [0.25, 0.3) is 0 Å². The van der Waals surface area contributed by atoms with Gasteiger partial charge in [-0.05, 0) is 40.4 Å². The highest BCUT2D eigenvalue weighted by atomic mass is 79.9. The molecule has 1 aromatic rings. The topological polar surface area (TPSA) is 70.5 Å². The van der Waals surface area contributed by atoms with Gasteiger partial charge in [0.05, 0.1) is 0 Å². The number of likely N-dealkylation sites (tertiary alicyclic amines) is 1. The summed E-state index contributed by atoms with van der Waals surface area (Å²) in [6.07, 6.45) is 2.45. The van der Waals surface area contributed by atoms with Gasteiger partial charge in [0.2, 0.25) is 0 Å². The number of amides is 1. The van der Waals surface area contributed by atoms with E-state index in [1.165, 1.54) is 0 Å². The van der Waals surface area contributed by atoms with E-state index in [9.17, 15) is 9.59 Å². The number of hydrogen-bond donors (Lipinski definition) is 1. The van der Waals surface area contributed by atoms with Crippen molar-refractivity contribution < 1.29 is 14.7 Å². The summed E-state index contributed by atoms with van der Waals surface area (Å²) in [4.78, 5) is 28.5. The Morgan fingerprint density at radius 3 is 3.00 bits per heavy atom. The number of carboxylic acid groups (broad SMARTS) is 1. The van der Waals surface area contributed by atoms with Gasteiger partial charge in [-0.2, -0.15) is 0 Å². The van der Waals surface area contributed by atoms with Gasteiger partial charge in [0, 0.05) is 31.3 Å². The molecule has 2 rings (SSSR count). The number of carbonyl (C=O) groups is 2. The van der Waals surface area contributed by atoms with Gasteiger partial charge in [-0.25, -0.2) is 4.98 Å². The van der Waals surface area contributed by atoms with Crippen LogP contribution in [0.3, 0.4) is 0 Å². The molecule has 1 unspecified atom stereocenters. The van der Waals surface area contributed by atoms with E-state index in [2.05, 4.69) is 20.9 Å². The fourth-order valence-corrected chi connectivity index (χ4v) is 2.51. The third-order valence-electron chi connectivity index (χ3n) is 3.01. The fourth-order valence-electron chi connectivity index (χ4n) is 2.15. The Labute approximate surface area is 113 Å². The Bertz CT molecular complexity index is 478. The highest BCUT2D eigenvalue weighted by Gasteiger charge is 2.28. The van der Waals surface area contributed by atoms with E-state index in [0.29, 0.717) is 23.3 Å². The van der Waals surface area contributed by atoms with Crippen LogP contribution in [0.4, 0.5) is 0 Å². The molecule has 0 aromatic carbocycles. The van der Waals surface area contributed by atoms with Gasteiger partial charge in [-0.15, -0.1) is 0 Å². The van der Waals surface area contributed by atoms with E-state index in [-0.39, 0.29) is 18.2 Å². The fraction of sp³-hybridized carbons (Fsp3) is 0.417. The predicted octanol–water partition coefficient (Wildman–Crippen LogP) is 1.78. The minimum atomic E-state index is -0.805. The van der Waals surface area contributed by atoms with Crippen molar-refractivity contribution in [3.8, 4) is 0 Å². The van der Waals surface area contributed by atoms with Crippen molar-refractivity contribution in [2.45, 2.75) is 12.8 Å². The van der Waals surface area contributed by atoms with Crippen molar-refractivity contribution in [1.82, 2.24) is 9.88 Å². The molecule has 1 atom stereocenters. The minimum Gasteiger partial charge on any atom is -0.481 e. The van der Waals surface area contributed by atoms with E-state index in [0.717, 1.165) is 6.42 Å². The summed E-state index contributed by atoms with van der Waals surface area (Å²) in [6, 6.07) is 3.34. The second kappa shape index (κ2) is 5.48. The van der Waals surface area contributed by atoms with E-state index in [1.807, 2.05) is 0 Å². The maximum absolute atomic E-state index is 12.2. The molecule has 96 valence electrons. The number of carbonyl (C=O) groups excluding carboxylic acids is 1. The summed E-state index contributed by atoms with van der Waals surface area (Å²) in [7, 11) is 0. The number of rotatable bonds is 3. The van der Waals surface area contributed by atoms with Gasteiger partial charge in [0.25, 0.3) is 5.91 Å². The Morgan fingerprint density at radius 2 is 2.33 bits per heavy atom. The van der Waals surface area contributed by atoms with Crippen LogP contribution in [0.5, 0.6) is 0 Å². The third-order valence-corrected chi connectivity index (χ3v) is 3.44. The van der Waals surface area contributed by atoms with Crippen molar-refractivity contribution in [2.75, 3.05) is 13.1 Å². The number of halogens is 1. The molecule has 18 heavy (non-hydrogen) atoms. The molecular weight excluding hydrogens is 300 g/mol. The Kier molecular flexibility index (Phi) is 3.96. The molecule has 6 heteroatoms. The van der Waals surface area contributed by atoms with Crippen LogP contribution in [0.15, 0.2) is 22.9 Å². The summed E-state index contributed by atoms with van der Waals surface area (Å²) in [5, 5.41) is 8.73. The quantitative estimate of drug-likeness (QED) is 0.864. The molecule has 0 aliphatic carbocycles. The highest BCUT2D eigenvalue weighted by molar-refractivity contribution is 9.10. The molecule has 1 aromatic heterocycles. The number of carboxylic acids is 1. The first-order valence-corrected chi connectivity index (χ1v) is 6.48. The Morgan fingerprint density at radius 1 is 1.56 bits per heavy atom. The van der Waals surface area contributed by atoms with Crippen molar-refractivity contribution >= 4 is 27.8 Å². The standard InChI is InChI=1S/C12H13BrN2O3/c13-10-6-9(1-3-14-10)12(18)15-4-2-8(7-15)5-11(16)17/h1,3,6,8H,2,4-5,7H2,(H,16,17). The van der Waals surface area contributed by atoms with Gasteiger partial charge in [0.15, 0.2) is 0 Å². The zero-order chi connectivity index (χ0) is 13.1. The summed E-state index contributed by atoms with van der Waals surface area (Å²) in [6.45, 7) is 1.14. The molecule has 0 saturated carbocycles. The molecule has 1 aliphatic heterocycles. The molecule has 1 fully saturated rings. The first-order valence-electron chi connectivity index (χ1n) is 5.69. The van der Waals surface area contributed by atoms with E-state index >= 15 is 0 Å². The molecule has 0 radical (unpaired) electrons. The smallest absolute Gasteiger partial charge is 0.303 e. The minimum absolute atomic E-state index is 0.0639. The van der Waals surface area contributed by atoms with Gasteiger partial charge in [-0.1, -0.05) is 0 Å². The van der Waals surface area contributed by atoms with Crippen molar-refractivity contribution in [3.63, 3.8) is 0 Å². The Balaban J connectivity index is 2.01. The summed E-state index contributed by atoms with van der Waals surface area (Å²) in [5.74, 6) is -0.802. The maximum Gasteiger partial charge on any atom is 0.303 e. The van der Waals surface area contributed by atoms with Crippen LogP contribution in [-0.2, 0) is 4.79 Å². The molecule has 0 spiro atoms. The van der Waals surface area contributed by atoms with Gasteiger partial charge >= 0.3 is 5.97 Å². The van der Waals surface area contributed by atoms with Gasteiger partial charge < -0.3 is 10.0 Å². The molecule has 1 N–H and O–H groups in total. The van der Waals surface area contributed by atoms with Crippen LogP contribution >= 0.6 is 15.9 Å². The summed E-state index contributed by atoms with van der Waals surface area (Å²) < 4.78 is 0.620. The molecule has 1 saturated heterocycles. The van der Waals surface area contributed by atoms with Crippen molar-refractivity contribution in [2.24, 2.45) is 5.92 Å². The number of pyridine rings is 1. The van der Waals surface area contributed by atoms with Gasteiger partial charge in [0.1, 0.15) is 4.60 Å². The zero-order valence-corrected chi connectivity index (χ0v) is 11.3. The molecule has 1 aliphatic rings. The average molecular weight is 313 g/mol.